The van der Waals surface area contributed by atoms with Crippen LogP contribution in [0.5, 0.6) is 0 Å². The van der Waals surface area contributed by atoms with Crippen molar-refractivity contribution in [2.75, 3.05) is 7.05 Å². The normalized spacial score (nSPS) is 34.0. The second kappa shape index (κ2) is 3.85. The molecule has 74 valence electrons. The molecule has 1 unspecified atom stereocenters. The molecule has 1 atom stereocenters. The Morgan fingerprint density at radius 3 is 2.25 bits per heavy atom. The highest BCUT2D eigenvalue weighted by Gasteiger charge is 2.43. The topological polar surface area (TPSA) is 32.3 Å². The van der Waals surface area contributed by atoms with Crippen molar-refractivity contribution in [2.24, 2.45) is 0 Å². The molecule has 0 heterocycles. The van der Waals surface area contributed by atoms with E-state index in [0.29, 0.717) is 12.8 Å². The lowest BCUT2D eigenvalue weighted by Crippen LogP contribution is -2.50. The molecule has 0 aromatic heterocycles. The number of hydrogen-bond donors (Lipinski definition) is 2. The molecule has 0 amide bonds. The van der Waals surface area contributed by atoms with Gasteiger partial charge in [0.15, 0.2) is 0 Å². The largest absolute Gasteiger partial charge is 0.376 e. The van der Waals surface area contributed by atoms with E-state index in [0.717, 1.165) is 0 Å². The number of alkyl halides is 2. The fourth-order valence-corrected chi connectivity index (χ4v) is 1.46. The Hall–Kier alpha value is 0.0700. The summed E-state index contributed by atoms with van der Waals surface area (Å²) in [4.78, 5) is 0. The molecule has 2 N–H and O–H groups in total. The number of halogens is 3. The summed E-state index contributed by atoms with van der Waals surface area (Å²) >= 11 is 0. The van der Waals surface area contributed by atoms with Crippen LogP contribution in [0.2, 0.25) is 0 Å². The highest BCUT2D eigenvalue weighted by molar-refractivity contribution is 5.85. The van der Waals surface area contributed by atoms with Gasteiger partial charge in [0.25, 0.3) is 5.92 Å². The van der Waals surface area contributed by atoms with Gasteiger partial charge in [0.05, 0.1) is 6.42 Å². The van der Waals surface area contributed by atoms with Gasteiger partial charge < -0.3 is 5.11 Å². The zero-order chi connectivity index (χ0) is 8.54. The Bertz CT molecular complexity index is 156. The van der Waals surface area contributed by atoms with E-state index in [1.165, 1.54) is 7.05 Å². The molecule has 5 heteroatoms. The summed E-state index contributed by atoms with van der Waals surface area (Å²) in [6.07, 6.45) is 0.233. The fraction of sp³-hybridized carbons (Fsp3) is 1.00. The number of hydrogen-bond acceptors (Lipinski definition) is 2. The maximum absolute atomic E-state index is 12.7. The number of nitrogens with one attached hydrogen (secondary N) is 1. The molecule has 0 bridgehead atoms. The van der Waals surface area contributed by atoms with Gasteiger partial charge in [-0.1, -0.05) is 0 Å². The van der Waals surface area contributed by atoms with Gasteiger partial charge in [0, 0.05) is 6.42 Å². The van der Waals surface area contributed by atoms with Crippen molar-refractivity contribution in [3.8, 4) is 0 Å². The van der Waals surface area contributed by atoms with Crippen LogP contribution in [0, 0.1) is 0 Å². The average Bonchev–Trinajstić information content (AvgIpc) is 1.85. The van der Waals surface area contributed by atoms with Crippen molar-refractivity contribution in [1.29, 1.82) is 0 Å². The average molecular weight is 202 g/mol. The van der Waals surface area contributed by atoms with Crippen molar-refractivity contribution in [1.82, 2.24) is 5.32 Å². The van der Waals surface area contributed by atoms with Crippen LogP contribution < -0.4 is 5.32 Å². The first kappa shape index (κ1) is 12.1. The highest BCUT2D eigenvalue weighted by atomic mass is 35.5. The van der Waals surface area contributed by atoms with Crippen LogP contribution in [0.3, 0.4) is 0 Å². The summed E-state index contributed by atoms with van der Waals surface area (Å²) in [5.74, 6) is -2.70. The van der Waals surface area contributed by atoms with E-state index in [-0.39, 0.29) is 18.8 Å². The number of aliphatic hydroxyl groups is 1. The van der Waals surface area contributed by atoms with Crippen LogP contribution in [0.1, 0.15) is 25.7 Å². The van der Waals surface area contributed by atoms with E-state index in [4.69, 9.17) is 0 Å². The van der Waals surface area contributed by atoms with Crippen LogP contribution in [0.15, 0.2) is 0 Å². The molecule has 1 rings (SSSR count). The molecule has 0 saturated heterocycles. The molecule has 0 aromatic rings. The minimum absolute atomic E-state index is 0. The molecular formula is C7H14ClF2NO. The predicted octanol–water partition coefficient (Wildman–Crippen LogP) is 1.53. The number of rotatable bonds is 1. The molecule has 1 saturated carbocycles. The summed E-state index contributed by atoms with van der Waals surface area (Å²) in [5, 5.41) is 11.9. The summed E-state index contributed by atoms with van der Waals surface area (Å²) < 4.78 is 25.4. The van der Waals surface area contributed by atoms with E-state index >= 15 is 0 Å². The van der Waals surface area contributed by atoms with Crippen molar-refractivity contribution < 1.29 is 13.9 Å². The van der Waals surface area contributed by atoms with E-state index in [9.17, 15) is 13.9 Å². The molecular weight excluding hydrogens is 188 g/mol. The molecule has 12 heavy (non-hydrogen) atoms. The lowest BCUT2D eigenvalue weighted by molar-refractivity contribution is -0.135. The minimum Gasteiger partial charge on any atom is -0.376 e. The first-order valence-electron chi connectivity index (χ1n) is 3.77. The third-order valence-corrected chi connectivity index (χ3v) is 2.15. The van der Waals surface area contributed by atoms with Crippen molar-refractivity contribution in [3.63, 3.8) is 0 Å². The van der Waals surface area contributed by atoms with Gasteiger partial charge >= 0.3 is 0 Å². The van der Waals surface area contributed by atoms with E-state index in [1.54, 1.807) is 0 Å². The minimum atomic E-state index is -2.70. The lowest BCUT2D eigenvalue weighted by Gasteiger charge is -2.36. The SMILES string of the molecule is CNC1(O)CCCC(F)(F)C1.Cl. The van der Waals surface area contributed by atoms with Crippen LogP contribution in [-0.4, -0.2) is 23.8 Å². The van der Waals surface area contributed by atoms with Crippen molar-refractivity contribution >= 4 is 12.4 Å². The maximum Gasteiger partial charge on any atom is 0.252 e. The molecule has 2 nitrogen and oxygen atoms in total. The Morgan fingerprint density at radius 2 is 1.92 bits per heavy atom. The standard InChI is InChI=1S/C7H13F2NO.ClH/c1-10-7(11)4-2-3-6(8,9)5-7;/h10-11H,2-5H2,1H3;1H. The highest BCUT2D eigenvalue weighted by Crippen LogP contribution is 2.37. The first-order valence-corrected chi connectivity index (χ1v) is 3.77. The zero-order valence-corrected chi connectivity index (χ0v) is 7.76. The Balaban J connectivity index is 0.00000121. The third-order valence-electron chi connectivity index (χ3n) is 2.15. The first-order chi connectivity index (χ1) is 4.97. The molecule has 0 aliphatic heterocycles. The summed E-state index contributed by atoms with van der Waals surface area (Å²) in [7, 11) is 1.50. The summed E-state index contributed by atoms with van der Waals surface area (Å²) in [6.45, 7) is 0. The van der Waals surface area contributed by atoms with Gasteiger partial charge in [0.1, 0.15) is 5.72 Å². The lowest BCUT2D eigenvalue weighted by atomic mass is 9.89. The predicted molar refractivity (Wildman–Crippen MR) is 44.7 cm³/mol. The maximum atomic E-state index is 12.7. The van der Waals surface area contributed by atoms with Gasteiger partial charge in [-0.3, -0.25) is 5.32 Å². The van der Waals surface area contributed by atoms with Gasteiger partial charge in [-0.25, -0.2) is 8.78 Å². The molecule has 1 aliphatic rings. The van der Waals surface area contributed by atoms with E-state index in [1.807, 2.05) is 0 Å². The second-order valence-electron chi connectivity index (χ2n) is 3.17. The van der Waals surface area contributed by atoms with Gasteiger partial charge in [-0.2, -0.15) is 0 Å². The van der Waals surface area contributed by atoms with Crippen molar-refractivity contribution in [3.05, 3.63) is 0 Å². The molecule has 1 aliphatic carbocycles. The monoisotopic (exact) mass is 201 g/mol. The Labute approximate surface area is 76.8 Å². The van der Waals surface area contributed by atoms with Crippen molar-refractivity contribution in [2.45, 2.75) is 37.3 Å². The molecule has 0 aromatic carbocycles. The Morgan fingerprint density at radius 1 is 1.33 bits per heavy atom. The third kappa shape index (κ3) is 2.84. The van der Waals surface area contributed by atoms with Crippen LogP contribution >= 0.6 is 12.4 Å². The second-order valence-corrected chi connectivity index (χ2v) is 3.17. The van der Waals surface area contributed by atoms with Gasteiger partial charge in [-0.05, 0) is 19.9 Å². The smallest absolute Gasteiger partial charge is 0.252 e. The van der Waals surface area contributed by atoms with Crippen LogP contribution in [0.4, 0.5) is 8.78 Å². The quantitative estimate of drug-likeness (QED) is 0.631. The van der Waals surface area contributed by atoms with Crippen LogP contribution in [-0.2, 0) is 0 Å². The molecule has 0 radical (unpaired) electrons. The summed E-state index contributed by atoms with van der Waals surface area (Å²) in [5.41, 5.74) is -1.35. The van der Waals surface area contributed by atoms with Gasteiger partial charge in [0.2, 0.25) is 0 Å². The fourth-order valence-electron chi connectivity index (χ4n) is 1.46. The van der Waals surface area contributed by atoms with Crippen LogP contribution in [0.25, 0.3) is 0 Å². The van der Waals surface area contributed by atoms with E-state index in [2.05, 4.69) is 5.32 Å². The molecule has 1 fully saturated rings. The van der Waals surface area contributed by atoms with Gasteiger partial charge in [-0.15, -0.1) is 12.4 Å². The zero-order valence-electron chi connectivity index (χ0n) is 6.94. The summed E-state index contributed by atoms with van der Waals surface area (Å²) in [6, 6.07) is 0. The molecule has 0 spiro atoms. The van der Waals surface area contributed by atoms with E-state index < -0.39 is 18.1 Å². The Kier molecular flexibility index (Phi) is 3.87.